The summed E-state index contributed by atoms with van der Waals surface area (Å²) in [4.78, 5) is 18.1. The van der Waals surface area contributed by atoms with Gasteiger partial charge in [0.1, 0.15) is 5.75 Å². The number of benzene rings is 1. The average Bonchev–Trinajstić information content (AvgIpc) is 3.03. The number of thiophene rings is 1. The molecule has 0 unspecified atom stereocenters. The fourth-order valence-corrected chi connectivity index (χ4v) is 3.47. The van der Waals surface area contributed by atoms with E-state index in [1.165, 1.54) is 4.88 Å². The maximum atomic E-state index is 12.5. The minimum atomic E-state index is -0.0722. The lowest BCUT2D eigenvalue weighted by Gasteiger charge is -2.34. The molecule has 22 heavy (non-hydrogen) atoms. The van der Waals surface area contributed by atoms with Crippen LogP contribution >= 0.6 is 11.3 Å². The Balaban J connectivity index is 1.61. The van der Waals surface area contributed by atoms with Crippen LogP contribution in [0.1, 0.15) is 20.8 Å². The first kappa shape index (κ1) is 15.1. The van der Waals surface area contributed by atoms with Gasteiger partial charge in [-0.15, -0.1) is 11.3 Å². The molecular weight excluding hydrogens is 296 g/mol. The van der Waals surface area contributed by atoms with E-state index in [1.54, 1.807) is 23.5 Å². The molecule has 1 N–H and O–H groups in total. The Morgan fingerprint density at radius 3 is 2.68 bits per heavy atom. The van der Waals surface area contributed by atoms with E-state index in [1.807, 2.05) is 17.9 Å². The minimum Gasteiger partial charge on any atom is -0.507 e. The summed E-state index contributed by atoms with van der Waals surface area (Å²) in [6.07, 6.45) is 0. The number of hydrogen-bond acceptors (Lipinski definition) is 4. The molecule has 2 heterocycles. The molecule has 0 bridgehead atoms. The highest BCUT2D eigenvalue weighted by molar-refractivity contribution is 7.09. The molecule has 0 radical (unpaired) electrons. The van der Waals surface area contributed by atoms with Crippen LogP contribution in [0.5, 0.6) is 5.75 Å². The van der Waals surface area contributed by atoms with Crippen molar-refractivity contribution in [3.63, 3.8) is 0 Å². The normalized spacial score (nSPS) is 16.0. The van der Waals surface area contributed by atoms with Crippen molar-refractivity contribution in [3.05, 3.63) is 51.7 Å². The number of carbonyl (C=O) groups excluding carboxylic acids is 1. The van der Waals surface area contributed by atoms with Gasteiger partial charge in [0, 0.05) is 37.6 Å². The van der Waals surface area contributed by atoms with Crippen LogP contribution in [0, 0.1) is 6.92 Å². The number of rotatable bonds is 3. The number of nitrogens with zero attached hydrogens (tertiary/aromatic N) is 2. The second-order valence-electron chi connectivity index (χ2n) is 5.67. The van der Waals surface area contributed by atoms with E-state index in [0.717, 1.165) is 25.2 Å². The van der Waals surface area contributed by atoms with Gasteiger partial charge >= 0.3 is 0 Å². The van der Waals surface area contributed by atoms with Crippen molar-refractivity contribution >= 4 is 17.2 Å². The number of phenols is 1. The van der Waals surface area contributed by atoms with Crippen LogP contribution in [-0.2, 0) is 6.54 Å². The lowest BCUT2D eigenvalue weighted by atomic mass is 10.1. The molecule has 2 aromatic rings. The third-order valence-corrected chi connectivity index (χ3v) is 4.86. The maximum Gasteiger partial charge on any atom is 0.257 e. The van der Waals surface area contributed by atoms with Gasteiger partial charge in [-0.25, -0.2) is 0 Å². The standard InChI is InChI=1S/C17H20N2O2S/c1-13-4-5-16(20)15(11-13)17(21)19-8-6-18(7-9-19)12-14-3-2-10-22-14/h2-5,10-11,20H,6-9,12H2,1H3. The van der Waals surface area contributed by atoms with Crippen LogP contribution in [0.15, 0.2) is 35.7 Å². The summed E-state index contributed by atoms with van der Waals surface area (Å²) in [5, 5.41) is 12.0. The summed E-state index contributed by atoms with van der Waals surface area (Å²) in [5.74, 6) is -0.00594. The molecule has 1 aliphatic heterocycles. The Morgan fingerprint density at radius 2 is 2.00 bits per heavy atom. The zero-order chi connectivity index (χ0) is 15.5. The zero-order valence-electron chi connectivity index (χ0n) is 12.7. The molecule has 0 saturated carbocycles. The summed E-state index contributed by atoms with van der Waals surface area (Å²) in [7, 11) is 0. The average molecular weight is 316 g/mol. The van der Waals surface area contributed by atoms with Crippen molar-refractivity contribution in [1.29, 1.82) is 0 Å². The molecule has 5 heteroatoms. The van der Waals surface area contributed by atoms with Gasteiger partial charge in [-0.1, -0.05) is 17.7 Å². The van der Waals surface area contributed by atoms with Crippen molar-refractivity contribution in [2.24, 2.45) is 0 Å². The number of aryl methyl sites for hydroxylation is 1. The van der Waals surface area contributed by atoms with E-state index < -0.39 is 0 Å². The summed E-state index contributed by atoms with van der Waals surface area (Å²) in [6.45, 7) is 6.03. The summed E-state index contributed by atoms with van der Waals surface area (Å²) >= 11 is 1.77. The van der Waals surface area contributed by atoms with Crippen LogP contribution in [0.2, 0.25) is 0 Å². The molecule has 1 amide bonds. The van der Waals surface area contributed by atoms with Crippen molar-refractivity contribution in [1.82, 2.24) is 9.80 Å². The van der Waals surface area contributed by atoms with E-state index in [-0.39, 0.29) is 11.7 Å². The molecule has 0 spiro atoms. The van der Waals surface area contributed by atoms with Crippen LogP contribution in [-0.4, -0.2) is 47.0 Å². The quantitative estimate of drug-likeness (QED) is 0.947. The number of carbonyl (C=O) groups is 1. The van der Waals surface area contributed by atoms with Crippen molar-refractivity contribution in [2.75, 3.05) is 26.2 Å². The lowest BCUT2D eigenvalue weighted by molar-refractivity contribution is 0.0626. The minimum absolute atomic E-state index is 0.0663. The summed E-state index contributed by atoms with van der Waals surface area (Å²) in [6, 6.07) is 9.38. The Labute approximate surface area is 134 Å². The van der Waals surface area contributed by atoms with E-state index in [0.29, 0.717) is 18.7 Å². The van der Waals surface area contributed by atoms with Crippen molar-refractivity contribution < 1.29 is 9.90 Å². The third-order valence-electron chi connectivity index (χ3n) is 4.00. The summed E-state index contributed by atoms with van der Waals surface area (Å²) < 4.78 is 0. The van der Waals surface area contributed by atoms with Gasteiger partial charge in [0.05, 0.1) is 5.56 Å². The Morgan fingerprint density at radius 1 is 1.23 bits per heavy atom. The van der Waals surface area contributed by atoms with E-state index in [4.69, 9.17) is 0 Å². The Kier molecular flexibility index (Phi) is 4.45. The second-order valence-corrected chi connectivity index (χ2v) is 6.70. The molecule has 1 saturated heterocycles. The van der Waals surface area contributed by atoms with E-state index >= 15 is 0 Å². The molecule has 1 aromatic carbocycles. The van der Waals surface area contributed by atoms with Gasteiger partial charge in [-0.2, -0.15) is 0 Å². The van der Waals surface area contributed by atoms with Gasteiger partial charge in [0.15, 0.2) is 0 Å². The number of phenolic OH excluding ortho intramolecular Hbond substituents is 1. The number of amides is 1. The zero-order valence-corrected chi connectivity index (χ0v) is 13.5. The van der Waals surface area contributed by atoms with Gasteiger partial charge in [-0.3, -0.25) is 9.69 Å². The topological polar surface area (TPSA) is 43.8 Å². The number of aromatic hydroxyl groups is 1. The first-order valence-corrected chi connectivity index (χ1v) is 8.35. The molecular formula is C17H20N2O2S. The van der Waals surface area contributed by atoms with Gasteiger partial charge in [-0.05, 0) is 30.5 Å². The fourth-order valence-electron chi connectivity index (χ4n) is 2.72. The predicted molar refractivity (Wildman–Crippen MR) is 88.3 cm³/mol. The van der Waals surface area contributed by atoms with Crippen molar-refractivity contribution in [3.8, 4) is 5.75 Å². The van der Waals surface area contributed by atoms with Crippen LogP contribution < -0.4 is 0 Å². The van der Waals surface area contributed by atoms with Crippen LogP contribution in [0.25, 0.3) is 0 Å². The van der Waals surface area contributed by atoms with Crippen LogP contribution in [0.3, 0.4) is 0 Å². The molecule has 116 valence electrons. The number of hydrogen-bond donors (Lipinski definition) is 1. The SMILES string of the molecule is Cc1ccc(O)c(C(=O)N2CCN(Cc3cccs3)CC2)c1. The third kappa shape index (κ3) is 3.31. The molecule has 0 atom stereocenters. The van der Waals surface area contributed by atoms with Crippen LogP contribution in [0.4, 0.5) is 0 Å². The highest BCUT2D eigenvalue weighted by atomic mass is 32.1. The first-order chi connectivity index (χ1) is 10.6. The number of piperazine rings is 1. The molecule has 4 nitrogen and oxygen atoms in total. The highest BCUT2D eigenvalue weighted by Gasteiger charge is 2.24. The highest BCUT2D eigenvalue weighted by Crippen LogP contribution is 2.21. The van der Waals surface area contributed by atoms with Gasteiger partial charge < -0.3 is 10.0 Å². The van der Waals surface area contributed by atoms with E-state index in [9.17, 15) is 9.90 Å². The monoisotopic (exact) mass is 316 g/mol. The predicted octanol–water partition coefficient (Wildman–Crippen LogP) is 2.72. The Hall–Kier alpha value is -1.85. The van der Waals surface area contributed by atoms with Gasteiger partial charge in [0.25, 0.3) is 5.91 Å². The van der Waals surface area contributed by atoms with E-state index in [2.05, 4.69) is 22.4 Å². The largest absolute Gasteiger partial charge is 0.507 e. The maximum absolute atomic E-state index is 12.5. The fraction of sp³-hybridized carbons (Fsp3) is 0.353. The molecule has 1 aliphatic rings. The van der Waals surface area contributed by atoms with Crippen molar-refractivity contribution in [2.45, 2.75) is 13.5 Å². The smallest absolute Gasteiger partial charge is 0.257 e. The summed E-state index contributed by atoms with van der Waals surface area (Å²) in [5.41, 5.74) is 1.39. The Bertz CT molecular complexity index is 647. The first-order valence-electron chi connectivity index (χ1n) is 7.47. The molecule has 1 fully saturated rings. The molecule has 3 rings (SSSR count). The van der Waals surface area contributed by atoms with Gasteiger partial charge in [0.2, 0.25) is 0 Å². The molecule has 0 aliphatic carbocycles. The molecule has 1 aromatic heterocycles. The lowest BCUT2D eigenvalue weighted by Crippen LogP contribution is -2.48. The second kappa shape index (κ2) is 6.50.